The van der Waals surface area contributed by atoms with Crippen LogP contribution in [0.2, 0.25) is 0 Å². The van der Waals surface area contributed by atoms with Crippen molar-refractivity contribution in [2.45, 2.75) is 39.3 Å². The zero-order valence-electron chi connectivity index (χ0n) is 15.9. The minimum atomic E-state index is -0.717. The van der Waals surface area contributed by atoms with Crippen LogP contribution in [-0.2, 0) is 20.9 Å². The molecule has 1 saturated carbocycles. The van der Waals surface area contributed by atoms with Gasteiger partial charge in [-0.3, -0.25) is 10.1 Å². The topological polar surface area (TPSA) is 103 Å². The number of hydrogen-bond donors (Lipinski definition) is 2. The van der Waals surface area contributed by atoms with Crippen molar-refractivity contribution in [1.82, 2.24) is 15.2 Å². The number of nitrogens with zero attached hydrogens (tertiary/aromatic N) is 1. The number of hydrogen-bond acceptors (Lipinski definition) is 5. The molecule has 0 radical (unpaired) electrons. The molecule has 2 aromatic heterocycles. The number of amides is 3. The molecule has 0 bridgehead atoms. The predicted molar refractivity (Wildman–Crippen MR) is 101 cm³/mol. The van der Waals surface area contributed by atoms with Gasteiger partial charge in [0.1, 0.15) is 5.76 Å². The molecule has 2 N–H and O–H groups in total. The molecule has 28 heavy (non-hydrogen) atoms. The average Bonchev–Trinajstić information content (AvgIpc) is 3.25. The summed E-state index contributed by atoms with van der Waals surface area (Å²) in [6.45, 7) is 3.67. The first-order valence-electron chi connectivity index (χ1n) is 9.07. The van der Waals surface area contributed by atoms with Crippen LogP contribution in [-0.4, -0.2) is 29.1 Å². The van der Waals surface area contributed by atoms with Crippen molar-refractivity contribution in [1.29, 1.82) is 0 Å². The smallest absolute Gasteiger partial charge is 0.331 e. The Morgan fingerprint density at radius 2 is 2.11 bits per heavy atom. The van der Waals surface area contributed by atoms with Gasteiger partial charge in [-0.2, -0.15) is 0 Å². The SMILES string of the molecule is Cc1cc(/C=C/C(=O)OCC(=O)NC(=O)NCc2ccco2)c(C)n1C1CC1. The molecule has 2 heterocycles. The Balaban J connectivity index is 1.41. The fourth-order valence-corrected chi connectivity index (χ4v) is 3.00. The van der Waals surface area contributed by atoms with E-state index < -0.39 is 24.5 Å². The van der Waals surface area contributed by atoms with Gasteiger partial charge in [-0.1, -0.05) is 0 Å². The maximum atomic E-state index is 11.8. The molecule has 0 aliphatic heterocycles. The van der Waals surface area contributed by atoms with Crippen molar-refractivity contribution in [3.8, 4) is 0 Å². The van der Waals surface area contributed by atoms with Gasteiger partial charge in [-0.05, 0) is 56.5 Å². The minimum absolute atomic E-state index is 0.147. The van der Waals surface area contributed by atoms with Crippen LogP contribution in [0.3, 0.4) is 0 Å². The summed E-state index contributed by atoms with van der Waals surface area (Å²) in [5.74, 6) is -0.812. The van der Waals surface area contributed by atoms with Gasteiger partial charge < -0.3 is 19.0 Å². The summed E-state index contributed by atoms with van der Waals surface area (Å²) in [4.78, 5) is 35.1. The van der Waals surface area contributed by atoms with E-state index in [0.717, 1.165) is 17.0 Å². The van der Waals surface area contributed by atoms with Crippen molar-refractivity contribution in [3.63, 3.8) is 0 Å². The molecule has 3 rings (SSSR count). The van der Waals surface area contributed by atoms with Gasteiger partial charge in [0.15, 0.2) is 6.61 Å². The van der Waals surface area contributed by atoms with Crippen LogP contribution in [0.25, 0.3) is 6.08 Å². The third-order valence-corrected chi connectivity index (χ3v) is 4.44. The van der Waals surface area contributed by atoms with Gasteiger partial charge >= 0.3 is 12.0 Å². The standard InChI is InChI=1S/C20H23N3O5/c1-13-10-15(14(2)23(13)16-6-7-16)5-8-19(25)28-12-18(24)22-20(26)21-11-17-4-3-9-27-17/h3-5,8-10,16H,6-7,11-12H2,1-2H3,(H2,21,22,24,26)/b8-5+. The Hall–Kier alpha value is -3.29. The molecule has 0 unspecified atom stereocenters. The van der Waals surface area contributed by atoms with E-state index in [1.54, 1.807) is 18.2 Å². The normalized spacial score (nSPS) is 13.5. The summed E-state index contributed by atoms with van der Waals surface area (Å²) in [5, 5.41) is 4.53. The Kier molecular flexibility index (Phi) is 5.98. The zero-order valence-corrected chi connectivity index (χ0v) is 15.9. The lowest BCUT2D eigenvalue weighted by Gasteiger charge is -2.06. The lowest BCUT2D eigenvalue weighted by Crippen LogP contribution is -2.41. The lowest BCUT2D eigenvalue weighted by molar-refractivity contribution is -0.143. The molecule has 0 aromatic carbocycles. The molecule has 0 saturated heterocycles. The van der Waals surface area contributed by atoms with Gasteiger partial charge in [0, 0.05) is 23.5 Å². The lowest BCUT2D eigenvalue weighted by atomic mass is 10.2. The van der Waals surface area contributed by atoms with Crippen molar-refractivity contribution >= 4 is 24.0 Å². The highest BCUT2D eigenvalue weighted by Crippen LogP contribution is 2.38. The third-order valence-electron chi connectivity index (χ3n) is 4.44. The number of carbonyl (C=O) groups excluding carboxylic acids is 3. The highest BCUT2D eigenvalue weighted by atomic mass is 16.5. The van der Waals surface area contributed by atoms with E-state index in [0.29, 0.717) is 11.8 Å². The number of ether oxygens (including phenoxy) is 1. The van der Waals surface area contributed by atoms with E-state index in [9.17, 15) is 14.4 Å². The maximum Gasteiger partial charge on any atom is 0.331 e. The van der Waals surface area contributed by atoms with Gasteiger partial charge in [-0.15, -0.1) is 0 Å². The average molecular weight is 385 g/mol. The van der Waals surface area contributed by atoms with Crippen molar-refractivity contribution in [2.24, 2.45) is 0 Å². The monoisotopic (exact) mass is 385 g/mol. The molecule has 2 aromatic rings. The van der Waals surface area contributed by atoms with Crippen LogP contribution < -0.4 is 10.6 Å². The minimum Gasteiger partial charge on any atom is -0.467 e. The fraction of sp³-hybridized carbons (Fsp3) is 0.350. The summed E-state index contributed by atoms with van der Waals surface area (Å²) in [7, 11) is 0. The van der Waals surface area contributed by atoms with Crippen molar-refractivity contribution < 1.29 is 23.5 Å². The first-order valence-corrected chi connectivity index (χ1v) is 9.07. The molecular formula is C20H23N3O5. The summed E-state index contributed by atoms with van der Waals surface area (Å²) in [5.41, 5.74) is 3.21. The highest BCUT2D eigenvalue weighted by molar-refractivity contribution is 5.96. The van der Waals surface area contributed by atoms with Crippen LogP contribution in [0.15, 0.2) is 35.0 Å². The molecule has 1 aliphatic carbocycles. The predicted octanol–water partition coefficient (Wildman–Crippen LogP) is 2.62. The molecular weight excluding hydrogens is 362 g/mol. The van der Waals surface area contributed by atoms with E-state index in [4.69, 9.17) is 9.15 Å². The van der Waals surface area contributed by atoms with E-state index in [2.05, 4.69) is 15.2 Å². The van der Waals surface area contributed by atoms with Gasteiger partial charge in [0.05, 0.1) is 12.8 Å². The largest absolute Gasteiger partial charge is 0.467 e. The van der Waals surface area contributed by atoms with Crippen molar-refractivity contribution in [2.75, 3.05) is 6.61 Å². The summed E-state index contributed by atoms with van der Waals surface area (Å²) < 4.78 is 12.2. The Bertz CT molecular complexity index is 891. The first kappa shape index (κ1) is 19.5. The second kappa shape index (κ2) is 8.60. The number of carbonyl (C=O) groups is 3. The quantitative estimate of drug-likeness (QED) is 0.563. The molecule has 8 nitrogen and oxygen atoms in total. The Morgan fingerprint density at radius 1 is 1.32 bits per heavy atom. The Labute approximate surface area is 162 Å². The molecule has 8 heteroatoms. The molecule has 3 amide bonds. The number of aromatic nitrogens is 1. The van der Waals surface area contributed by atoms with Gasteiger partial charge in [0.2, 0.25) is 0 Å². The van der Waals surface area contributed by atoms with Crippen molar-refractivity contribution in [3.05, 3.63) is 53.2 Å². The van der Waals surface area contributed by atoms with Crippen LogP contribution in [0.5, 0.6) is 0 Å². The van der Waals surface area contributed by atoms with Crippen LogP contribution >= 0.6 is 0 Å². The van der Waals surface area contributed by atoms with Crippen LogP contribution in [0, 0.1) is 13.8 Å². The van der Waals surface area contributed by atoms with E-state index >= 15 is 0 Å². The number of nitrogens with one attached hydrogen (secondary N) is 2. The second-order valence-corrected chi connectivity index (χ2v) is 6.68. The van der Waals surface area contributed by atoms with Gasteiger partial charge in [0.25, 0.3) is 5.91 Å². The highest BCUT2D eigenvalue weighted by Gasteiger charge is 2.26. The molecule has 0 spiro atoms. The van der Waals surface area contributed by atoms with E-state index in [1.165, 1.54) is 25.2 Å². The number of imide groups is 1. The first-order chi connectivity index (χ1) is 13.4. The van der Waals surface area contributed by atoms with Crippen LogP contribution in [0.4, 0.5) is 4.79 Å². The molecule has 1 fully saturated rings. The number of aryl methyl sites for hydroxylation is 1. The van der Waals surface area contributed by atoms with Gasteiger partial charge in [-0.25, -0.2) is 9.59 Å². The third kappa shape index (κ3) is 5.12. The Morgan fingerprint density at radius 3 is 2.79 bits per heavy atom. The molecule has 0 atom stereocenters. The van der Waals surface area contributed by atoms with E-state index in [-0.39, 0.29) is 6.54 Å². The summed E-state index contributed by atoms with van der Waals surface area (Å²) in [6.07, 6.45) is 6.81. The number of esters is 1. The summed E-state index contributed by atoms with van der Waals surface area (Å²) in [6, 6.07) is 5.28. The number of urea groups is 1. The number of furan rings is 1. The summed E-state index contributed by atoms with van der Waals surface area (Å²) >= 11 is 0. The zero-order chi connectivity index (χ0) is 20.1. The maximum absolute atomic E-state index is 11.8. The van der Waals surface area contributed by atoms with Crippen LogP contribution in [0.1, 0.15) is 41.6 Å². The number of rotatable bonds is 7. The van der Waals surface area contributed by atoms with E-state index in [1.807, 2.05) is 19.9 Å². The molecule has 1 aliphatic rings. The molecule has 148 valence electrons. The fourth-order valence-electron chi connectivity index (χ4n) is 3.00. The second-order valence-electron chi connectivity index (χ2n) is 6.68.